The van der Waals surface area contributed by atoms with Gasteiger partial charge in [-0.2, -0.15) is 14.7 Å². The van der Waals surface area contributed by atoms with Crippen LogP contribution in [0.25, 0.3) is 22.3 Å². The molecule has 216 valence electrons. The van der Waals surface area contributed by atoms with Gasteiger partial charge in [-0.3, -0.25) is 4.68 Å². The first-order valence-corrected chi connectivity index (χ1v) is 18.8. The molecule has 1 fully saturated rings. The molecule has 0 saturated carbocycles. The highest BCUT2D eigenvalue weighted by Crippen LogP contribution is 2.30. The minimum absolute atomic E-state index is 0.118. The van der Waals surface area contributed by atoms with Gasteiger partial charge < -0.3 is 14.0 Å². The van der Waals surface area contributed by atoms with E-state index >= 15 is 0 Å². The van der Waals surface area contributed by atoms with Crippen LogP contribution in [0.5, 0.6) is 0 Å². The van der Waals surface area contributed by atoms with Crippen LogP contribution in [-0.2, 0) is 26.2 Å². The highest BCUT2D eigenvalue weighted by molar-refractivity contribution is 7.89. The molecule has 1 aliphatic rings. The van der Waals surface area contributed by atoms with Crippen LogP contribution in [0.2, 0.25) is 25.7 Å². The summed E-state index contributed by atoms with van der Waals surface area (Å²) in [4.78, 5) is 9.21. The molecule has 0 radical (unpaired) electrons. The van der Waals surface area contributed by atoms with Crippen molar-refractivity contribution in [3.63, 3.8) is 0 Å². The van der Waals surface area contributed by atoms with E-state index in [1.54, 1.807) is 29.1 Å². The summed E-state index contributed by atoms with van der Waals surface area (Å²) in [5, 5.41) is 15.1. The molecule has 13 heteroatoms. The number of sulfonamides is 1. The molecular formula is C28H35N7O4SSi. The number of ether oxygens (including phenoxy) is 2. The van der Waals surface area contributed by atoms with Gasteiger partial charge in [0.1, 0.15) is 18.7 Å². The smallest absolute Gasteiger partial charge is 0.243 e. The third-order valence-electron chi connectivity index (χ3n) is 7.11. The minimum atomic E-state index is -3.68. The van der Waals surface area contributed by atoms with Crippen LogP contribution in [0.3, 0.4) is 0 Å². The Morgan fingerprint density at radius 1 is 1.17 bits per heavy atom. The maximum Gasteiger partial charge on any atom is 0.243 e. The Morgan fingerprint density at radius 2 is 1.98 bits per heavy atom. The van der Waals surface area contributed by atoms with E-state index in [2.05, 4.69) is 40.8 Å². The molecule has 4 aromatic rings. The first-order valence-electron chi connectivity index (χ1n) is 13.6. The summed E-state index contributed by atoms with van der Waals surface area (Å²) >= 11 is 0. The van der Waals surface area contributed by atoms with Gasteiger partial charge >= 0.3 is 0 Å². The molecule has 11 nitrogen and oxygen atoms in total. The van der Waals surface area contributed by atoms with E-state index in [1.165, 1.54) is 10.6 Å². The molecule has 5 rings (SSSR count). The lowest BCUT2D eigenvalue weighted by Gasteiger charge is -2.26. The summed E-state index contributed by atoms with van der Waals surface area (Å²) in [5.74, 6) is 0. The Bertz CT molecular complexity index is 1650. The molecule has 1 unspecified atom stereocenters. The zero-order valence-corrected chi connectivity index (χ0v) is 25.4. The highest BCUT2D eigenvalue weighted by atomic mass is 32.2. The summed E-state index contributed by atoms with van der Waals surface area (Å²) in [6.07, 6.45) is 7.14. The first kappa shape index (κ1) is 29.1. The molecule has 0 spiro atoms. The molecule has 4 heterocycles. The lowest BCUT2D eigenvalue weighted by molar-refractivity contribution is 0.0730. The molecular weight excluding hydrogens is 559 g/mol. The van der Waals surface area contributed by atoms with Gasteiger partial charge in [0.05, 0.1) is 48.5 Å². The first-order chi connectivity index (χ1) is 19.7. The molecule has 1 saturated heterocycles. The van der Waals surface area contributed by atoms with Crippen molar-refractivity contribution in [1.82, 2.24) is 28.6 Å². The molecule has 0 N–H and O–H groups in total. The van der Waals surface area contributed by atoms with E-state index in [0.29, 0.717) is 38.6 Å². The second kappa shape index (κ2) is 12.2. The lowest BCUT2D eigenvalue weighted by atomic mass is 10.0. The molecule has 0 bridgehead atoms. The van der Waals surface area contributed by atoms with E-state index < -0.39 is 24.1 Å². The topological polar surface area (TPSA) is 128 Å². The summed E-state index contributed by atoms with van der Waals surface area (Å²) in [6.45, 7) is 9.49. The van der Waals surface area contributed by atoms with Gasteiger partial charge in [-0.1, -0.05) is 31.8 Å². The number of fused-ring (bicyclic) bond motifs is 1. The van der Waals surface area contributed by atoms with Gasteiger partial charge in [0, 0.05) is 51.1 Å². The van der Waals surface area contributed by atoms with Crippen molar-refractivity contribution in [3.8, 4) is 17.3 Å². The number of hydrogen-bond donors (Lipinski definition) is 0. The molecule has 41 heavy (non-hydrogen) atoms. The number of hydrogen-bond acceptors (Lipinski definition) is 8. The van der Waals surface area contributed by atoms with Crippen molar-refractivity contribution in [3.05, 3.63) is 60.8 Å². The molecule has 3 aromatic heterocycles. The highest BCUT2D eigenvalue weighted by Gasteiger charge is 2.27. The maximum absolute atomic E-state index is 13.3. The largest absolute Gasteiger partial charge is 0.379 e. The predicted octanol–water partition coefficient (Wildman–Crippen LogP) is 4.13. The van der Waals surface area contributed by atoms with E-state index in [4.69, 9.17) is 9.47 Å². The summed E-state index contributed by atoms with van der Waals surface area (Å²) < 4.78 is 42.9. The molecule has 1 aromatic carbocycles. The van der Waals surface area contributed by atoms with E-state index in [9.17, 15) is 13.7 Å². The molecule has 0 aliphatic carbocycles. The number of aromatic nitrogens is 5. The Hall–Kier alpha value is -3.41. The Labute approximate surface area is 241 Å². The van der Waals surface area contributed by atoms with Crippen LogP contribution in [0.15, 0.2) is 60.1 Å². The number of benzene rings is 1. The van der Waals surface area contributed by atoms with Gasteiger partial charge in [-0.05, 0) is 29.8 Å². The standard InChI is InChI=1S/C28H35N7O4SSi/c1-41(2,3)16-15-39-21-33-10-8-25-27(30-20-31-28(25)33)23-18-32-35(19-23)26(7-9-29)22-5-4-6-24(17-22)40(36,37)34-11-13-38-14-12-34/h4-6,8,10,17-20,26H,7,11-16,21H2,1-3H3. The third-order valence-corrected chi connectivity index (χ3v) is 10.7. The van der Waals surface area contributed by atoms with Crippen molar-refractivity contribution in [2.45, 2.75) is 49.8 Å². The van der Waals surface area contributed by atoms with Gasteiger partial charge in [0.25, 0.3) is 0 Å². The van der Waals surface area contributed by atoms with E-state index in [0.717, 1.165) is 34.9 Å². The summed E-state index contributed by atoms with van der Waals surface area (Å²) in [7, 11) is -4.85. The van der Waals surface area contributed by atoms with Crippen molar-refractivity contribution >= 4 is 29.1 Å². The van der Waals surface area contributed by atoms with E-state index in [1.807, 2.05) is 29.1 Å². The Balaban J connectivity index is 1.40. The van der Waals surface area contributed by atoms with Gasteiger partial charge in [0.2, 0.25) is 10.0 Å². The van der Waals surface area contributed by atoms with Crippen molar-refractivity contribution in [2.75, 3.05) is 32.9 Å². The zero-order chi connectivity index (χ0) is 29.0. The number of rotatable bonds is 11. The third kappa shape index (κ3) is 6.58. The lowest BCUT2D eigenvalue weighted by Crippen LogP contribution is -2.40. The van der Waals surface area contributed by atoms with Gasteiger partial charge in [-0.25, -0.2) is 18.4 Å². The average Bonchev–Trinajstić information content (AvgIpc) is 3.62. The van der Waals surface area contributed by atoms with Crippen LogP contribution in [0.4, 0.5) is 0 Å². The second-order valence-corrected chi connectivity index (χ2v) is 18.8. The SMILES string of the molecule is C[Si](C)(C)CCOCn1ccc2c(-c3cnn(C(CC#N)c4cccc(S(=O)(=O)N5CCOCC5)c4)c3)ncnc21. The molecule has 1 atom stereocenters. The fourth-order valence-electron chi connectivity index (χ4n) is 4.78. The van der Waals surface area contributed by atoms with Crippen LogP contribution < -0.4 is 0 Å². The van der Waals surface area contributed by atoms with Gasteiger partial charge in [0.15, 0.2) is 0 Å². The van der Waals surface area contributed by atoms with Crippen LogP contribution >= 0.6 is 0 Å². The number of nitrogens with zero attached hydrogens (tertiary/aromatic N) is 7. The van der Waals surface area contributed by atoms with Crippen LogP contribution in [-0.4, -0.2) is 78.0 Å². The minimum Gasteiger partial charge on any atom is -0.379 e. The fraction of sp³-hybridized carbons (Fsp3) is 0.429. The molecule has 1 aliphatic heterocycles. The summed E-state index contributed by atoms with van der Waals surface area (Å²) in [6, 6.07) is 11.6. The monoisotopic (exact) mass is 593 g/mol. The Kier molecular flexibility index (Phi) is 8.67. The Morgan fingerprint density at radius 3 is 2.73 bits per heavy atom. The van der Waals surface area contributed by atoms with Crippen molar-refractivity contribution in [1.29, 1.82) is 5.26 Å². The van der Waals surface area contributed by atoms with Crippen LogP contribution in [0, 0.1) is 11.3 Å². The number of morpholine rings is 1. The second-order valence-electron chi connectivity index (χ2n) is 11.3. The predicted molar refractivity (Wildman–Crippen MR) is 157 cm³/mol. The van der Waals surface area contributed by atoms with Crippen LogP contribution in [0.1, 0.15) is 18.0 Å². The van der Waals surface area contributed by atoms with E-state index in [-0.39, 0.29) is 11.3 Å². The average molecular weight is 594 g/mol. The maximum atomic E-state index is 13.3. The zero-order valence-electron chi connectivity index (χ0n) is 23.6. The van der Waals surface area contributed by atoms with Crippen molar-refractivity contribution < 1.29 is 17.9 Å². The van der Waals surface area contributed by atoms with Crippen molar-refractivity contribution in [2.24, 2.45) is 0 Å². The quantitative estimate of drug-likeness (QED) is 0.188. The van der Waals surface area contributed by atoms with Gasteiger partial charge in [-0.15, -0.1) is 0 Å². The summed E-state index contributed by atoms with van der Waals surface area (Å²) in [5.41, 5.74) is 2.95. The normalized spacial score (nSPS) is 15.7. The molecule has 0 amide bonds. The fourth-order valence-corrected chi connectivity index (χ4v) is 7.00. The number of nitriles is 1.